The SMILES string of the molecule is Cc1cc(C)c2nc(-c3cccc(Br)c3)oc2c1. The monoisotopic (exact) mass is 301 g/mol. The van der Waals surface area contributed by atoms with E-state index in [4.69, 9.17) is 4.42 Å². The van der Waals surface area contributed by atoms with Crippen molar-refractivity contribution in [2.24, 2.45) is 0 Å². The van der Waals surface area contributed by atoms with E-state index in [0.717, 1.165) is 26.7 Å². The fraction of sp³-hybridized carbons (Fsp3) is 0.133. The molecule has 2 aromatic carbocycles. The Hall–Kier alpha value is -1.61. The van der Waals surface area contributed by atoms with Crippen molar-refractivity contribution >= 4 is 27.0 Å². The number of benzene rings is 2. The predicted molar refractivity (Wildman–Crippen MR) is 76.6 cm³/mol. The highest BCUT2D eigenvalue weighted by Crippen LogP contribution is 2.28. The van der Waals surface area contributed by atoms with Crippen LogP contribution in [0.3, 0.4) is 0 Å². The van der Waals surface area contributed by atoms with Gasteiger partial charge in [-0.05, 0) is 49.2 Å². The molecular weight excluding hydrogens is 290 g/mol. The molecule has 0 amide bonds. The van der Waals surface area contributed by atoms with Crippen LogP contribution in [-0.2, 0) is 0 Å². The Balaban J connectivity index is 2.22. The van der Waals surface area contributed by atoms with Crippen LogP contribution in [0.25, 0.3) is 22.6 Å². The largest absolute Gasteiger partial charge is 0.436 e. The second-order valence-electron chi connectivity index (χ2n) is 4.46. The summed E-state index contributed by atoms with van der Waals surface area (Å²) in [4.78, 5) is 4.58. The molecule has 0 aliphatic rings. The standard InChI is InChI=1S/C15H12BrNO/c1-9-6-10(2)14-13(7-9)18-15(17-14)11-4-3-5-12(16)8-11/h3-8H,1-2H3. The van der Waals surface area contributed by atoms with Crippen molar-refractivity contribution in [3.8, 4) is 11.5 Å². The molecule has 2 nitrogen and oxygen atoms in total. The van der Waals surface area contributed by atoms with Crippen LogP contribution in [0, 0.1) is 13.8 Å². The van der Waals surface area contributed by atoms with Crippen LogP contribution in [0.1, 0.15) is 11.1 Å². The smallest absolute Gasteiger partial charge is 0.227 e. The highest BCUT2D eigenvalue weighted by atomic mass is 79.9. The highest BCUT2D eigenvalue weighted by molar-refractivity contribution is 9.10. The first-order valence-electron chi connectivity index (χ1n) is 5.77. The molecule has 0 unspecified atom stereocenters. The van der Waals surface area contributed by atoms with Crippen LogP contribution in [0.15, 0.2) is 45.3 Å². The Bertz CT molecular complexity index is 730. The number of hydrogen-bond acceptors (Lipinski definition) is 2. The number of nitrogens with zero attached hydrogens (tertiary/aromatic N) is 1. The van der Waals surface area contributed by atoms with Crippen LogP contribution >= 0.6 is 15.9 Å². The maximum Gasteiger partial charge on any atom is 0.227 e. The Morgan fingerprint density at radius 2 is 1.94 bits per heavy atom. The molecule has 0 aliphatic heterocycles. The van der Waals surface area contributed by atoms with Crippen LogP contribution < -0.4 is 0 Å². The van der Waals surface area contributed by atoms with Gasteiger partial charge in [-0.15, -0.1) is 0 Å². The van der Waals surface area contributed by atoms with E-state index < -0.39 is 0 Å². The van der Waals surface area contributed by atoms with Gasteiger partial charge in [-0.3, -0.25) is 0 Å². The van der Waals surface area contributed by atoms with Gasteiger partial charge in [0, 0.05) is 10.0 Å². The number of oxazole rings is 1. The number of hydrogen-bond donors (Lipinski definition) is 0. The normalized spacial score (nSPS) is 11.1. The van der Waals surface area contributed by atoms with E-state index in [1.165, 1.54) is 5.56 Å². The number of aromatic nitrogens is 1. The molecule has 1 aromatic heterocycles. The van der Waals surface area contributed by atoms with E-state index in [0.29, 0.717) is 5.89 Å². The third-order valence-electron chi connectivity index (χ3n) is 2.90. The molecular formula is C15H12BrNO. The van der Waals surface area contributed by atoms with Crippen molar-refractivity contribution in [3.05, 3.63) is 52.0 Å². The van der Waals surface area contributed by atoms with Crippen LogP contribution in [0.2, 0.25) is 0 Å². The van der Waals surface area contributed by atoms with Gasteiger partial charge in [0.05, 0.1) is 0 Å². The van der Waals surface area contributed by atoms with Crippen molar-refractivity contribution in [1.82, 2.24) is 4.98 Å². The molecule has 0 spiro atoms. The van der Waals surface area contributed by atoms with E-state index in [1.807, 2.05) is 30.3 Å². The summed E-state index contributed by atoms with van der Waals surface area (Å²) < 4.78 is 6.86. The summed E-state index contributed by atoms with van der Waals surface area (Å²) in [6.07, 6.45) is 0. The quantitative estimate of drug-likeness (QED) is 0.640. The fourth-order valence-corrected chi connectivity index (χ4v) is 2.51. The first kappa shape index (κ1) is 11.5. The molecule has 3 aromatic rings. The zero-order valence-corrected chi connectivity index (χ0v) is 11.8. The van der Waals surface area contributed by atoms with Gasteiger partial charge in [0.1, 0.15) is 5.52 Å². The molecule has 3 heteroatoms. The first-order valence-corrected chi connectivity index (χ1v) is 6.56. The van der Waals surface area contributed by atoms with Gasteiger partial charge in [-0.2, -0.15) is 0 Å². The molecule has 0 bridgehead atoms. The lowest BCUT2D eigenvalue weighted by Crippen LogP contribution is -1.80. The second-order valence-corrected chi connectivity index (χ2v) is 5.37. The number of aryl methyl sites for hydroxylation is 2. The van der Waals surface area contributed by atoms with E-state index in [-0.39, 0.29) is 0 Å². The molecule has 18 heavy (non-hydrogen) atoms. The summed E-state index contributed by atoms with van der Waals surface area (Å²) in [5.41, 5.74) is 5.11. The van der Waals surface area contributed by atoms with Crippen LogP contribution in [0.5, 0.6) is 0 Å². The lowest BCUT2D eigenvalue weighted by Gasteiger charge is -1.95. The lowest BCUT2D eigenvalue weighted by molar-refractivity contribution is 0.619. The average molecular weight is 302 g/mol. The Kier molecular flexibility index (Phi) is 2.71. The third kappa shape index (κ3) is 1.95. The zero-order valence-electron chi connectivity index (χ0n) is 10.2. The van der Waals surface area contributed by atoms with Gasteiger partial charge >= 0.3 is 0 Å². The Morgan fingerprint density at radius 3 is 2.72 bits per heavy atom. The van der Waals surface area contributed by atoms with Crippen LogP contribution in [0.4, 0.5) is 0 Å². The Morgan fingerprint density at radius 1 is 1.11 bits per heavy atom. The molecule has 0 N–H and O–H groups in total. The summed E-state index contributed by atoms with van der Waals surface area (Å²) in [5, 5.41) is 0. The van der Waals surface area contributed by atoms with Crippen molar-refractivity contribution in [3.63, 3.8) is 0 Å². The van der Waals surface area contributed by atoms with E-state index in [9.17, 15) is 0 Å². The maximum absolute atomic E-state index is 5.84. The predicted octanol–water partition coefficient (Wildman–Crippen LogP) is 4.87. The number of rotatable bonds is 1. The van der Waals surface area contributed by atoms with Gasteiger partial charge in [0.25, 0.3) is 0 Å². The topological polar surface area (TPSA) is 26.0 Å². The molecule has 1 heterocycles. The summed E-state index contributed by atoms with van der Waals surface area (Å²) in [6.45, 7) is 4.12. The molecule has 0 fully saturated rings. The van der Waals surface area contributed by atoms with Gasteiger partial charge < -0.3 is 4.42 Å². The first-order chi connectivity index (χ1) is 8.63. The molecule has 0 saturated heterocycles. The minimum Gasteiger partial charge on any atom is -0.436 e. The van der Waals surface area contributed by atoms with Gasteiger partial charge in [0.2, 0.25) is 5.89 Å². The van der Waals surface area contributed by atoms with E-state index in [2.05, 4.69) is 40.8 Å². The van der Waals surface area contributed by atoms with Gasteiger partial charge in [0.15, 0.2) is 5.58 Å². The van der Waals surface area contributed by atoms with Gasteiger partial charge in [-0.25, -0.2) is 4.98 Å². The number of halogens is 1. The summed E-state index contributed by atoms with van der Waals surface area (Å²) in [7, 11) is 0. The minimum absolute atomic E-state index is 0.667. The van der Waals surface area contributed by atoms with Crippen molar-refractivity contribution in [2.75, 3.05) is 0 Å². The molecule has 0 saturated carbocycles. The summed E-state index contributed by atoms with van der Waals surface area (Å²) >= 11 is 3.46. The molecule has 0 radical (unpaired) electrons. The number of fused-ring (bicyclic) bond motifs is 1. The minimum atomic E-state index is 0.667. The molecule has 90 valence electrons. The third-order valence-corrected chi connectivity index (χ3v) is 3.39. The zero-order chi connectivity index (χ0) is 12.7. The fourth-order valence-electron chi connectivity index (χ4n) is 2.12. The second kappa shape index (κ2) is 4.25. The summed E-state index contributed by atoms with van der Waals surface area (Å²) in [6, 6.07) is 12.1. The Labute approximate surface area is 114 Å². The highest BCUT2D eigenvalue weighted by Gasteiger charge is 2.10. The molecule has 3 rings (SSSR count). The average Bonchev–Trinajstić information content (AvgIpc) is 2.73. The van der Waals surface area contributed by atoms with Crippen LogP contribution in [-0.4, -0.2) is 4.98 Å². The molecule has 0 aliphatic carbocycles. The van der Waals surface area contributed by atoms with Crippen molar-refractivity contribution in [1.29, 1.82) is 0 Å². The molecule has 0 atom stereocenters. The lowest BCUT2D eigenvalue weighted by atomic mass is 10.1. The summed E-state index contributed by atoms with van der Waals surface area (Å²) in [5.74, 6) is 0.667. The maximum atomic E-state index is 5.84. The van der Waals surface area contributed by atoms with Crippen molar-refractivity contribution < 1.29 is 4.42 Å². The van der Waals surface area contributed by atoms with E-state index in [1.54, 1.807) is 0 Å². The van der Waals surface area contributed by atoms with E-state index >= 15 is 0 Å². The van der Waals surface area contributed by atoms with Crippen molar-refractivity contribution in [2.45, 2.75) is 13.8 Å². The van der Waals surface area contributed by atoms with Gasteiger partial charge in [-0.1, -0.05) is 28.1 Å².